The zero-order valence-electron chi connectivity index (χ0n) is 24.9. The number of aliphatic hydroxyl groups is 2. The third kappa shape index (κ3) is 4.37. The predicted molar refractivity (Wildman–Crippen MR) is 169 cm³/mol. The normalized spacial score (nSPS) is 29.6. The smallest absolute Gasteiger partial charge is 0.193 e. The van der Waals surface area contributed by atoms with Crippen molar-refractivity contribution in [1.29, 1.82) is 0 Å². The summed E-state index contributed by atoms with van der Waals surface area (Å²) in [5.74, 6) is -0.0606. The number of ketones is 1. The van der Waals surface area contributed by atoms with Crippen molar-refractivity contribution in [3.8, 4) is 0 Å². The third-order valence-corrected chi connectivity index (χ3v) is 10.6. The van der Waals surface area contributed by atoms with E-state index in [2.05, 4.69) is 24.3 Å². The number of rotatable bonds is 6. The summed E-state index contributed by atoms with van der Waals surface area (Å²) in [6.45, 7) is 3.88. The number of carbonyl (C=O) groups excluding carboxylic acids is 1. The first-order valence-electron chi connectivity index (χ1n) is 15.5. The van der Waals surface area contributed by atoms with Gasteiger partial charge in [0.2, 0.25) is 0 Å². The fraction of sp³-hybridized carbons (Fsp3) is 0.359. The van der Waals surface area contributed by atoms with Crippen LogP contribution in [0.25, 0.3) is 0 Å². The van der Waals surface area contributed by atoms with Crippen molar-refractivity contribution in [3.05, 3.63) is 143 Å². The van der Waals surface area contributed by atoms with Gasteiger partial charge in [0, 0.05) is 22.0 Å². The Balaban J connectivity index is 1.58. The Labute approximate surface area is 250 Å². The largest absolute Gasteiger partial charge is 0.389 e. The van der Waals surface area contributed by atoms with Crippen molar-refractivity contribution in [1.82, 2.24) is 0 Å². The van der Waals surface area contributed by atoms with Crippen molar-refractivity contribution in [2.75, 3.05) is 0 Å². The van der Waals surface area contributed by atoms with E-state index < -0.39 is 22.0 Å². The van der Waals surface area contributed by atoms with E-state index in [1.54, 1.807) is 0 Å². The summed E-state index contributed by atoms with van der Waals surface area (Å²) < 4.78 is 0. The van der Waals surface area contributed by atoms with Crippen molar-refractivity contribution in [2.45, 2.75) is 87.2 Å². The van der Waals surface area contributed by atoms with Gasteiger partial charge in [-0.3, -0.25) is 4.79 Å². The number of benzene rings is 4. The minimum atomic E-state index is -1.03. The molecule has 3 nitrogen and oxygen atoms in total. The van der Waals surface area contributed by atoms with Crippen molar-refractivity contribution in [3.63, 3.8) is 0 Å². The second kappa shape index (κ2) is 10.9. The molecule has 4 unspecified atom stereocenters. The van der Waals surface area contributed by atoms with Crippen LogP contribution in [0.3, 0.4) is 0 Å². The van der Waals surface area contributed by atoms with E-state index in [0.717, 1.165) is 60.8 Å². The van der Waals surface area contributed by atoms with Gasteiger partial charge in [-0.1, -0.05) is 135 Å². The number of hydrogen-bond acceptors (Lipinski definition) is 3. The summed E-state index contributed by atoms with van der Waals surface area (Å²) in [5.41, 5.74) is 1.58. The monoisotopic (exact) mass is 558 g/mol. The molecule has 0 spiro atoms. The van der Waals surface area contributed by atoms with Gasteiger partial charge < -0.3 is 10.2 Å². The molecule has 0 saturated heterocycles. The fourth-order valence-electron chi connectivity index (χ4n) is 8.45. The second-order valence-corrected chi connectivity index (χ2v) is 12.9. The maximum absolute atomic E-state index is 15.0. The molecule has 2 saturated carbocycles. The van der Waals surface area contributed by atoms with Crippen molar-refractivity contribution in [2.24, 2.45) is 0 Å². The van der Waals surface area contributed by atoms with Gasteiger partial charge in [0.1, 0.15) is 0 Å². The van der Waals surface area contributed by atoms with Crippen LogP contribution in [0.15, 0.2) is 109 Å². The maximum Gasteiger partial charge on any atom is 0.193 e. The van der Waals surface area contributed by atoms with E-state index in [1.807, 2.05) is 98.8 Å². The van der Waals surface area contributed by atoms with Gasteiger partial charge in [-0.25, -0.2) is 0 Å². The highest BCUT2D eigenvalue weighted by molar-refractivity contribution is 6.11. The van der Waals surface area contributed by atoms with E-state index in [9.17, 15) is 15.0 Å². The zero-order chi connectivity index (χ0) is 29.4. The van der Waals surface area contributed by atoms with Crippen molar-refractivity contribution < 1.29 is 15.0 Å². The van der Waals surface area contributed by atoms with Gasteiger partial charge in [0.15, 0.2) is 5.78 Å². The Morgan fingerprint density at radius 1 is 0.500 bits per heavy atom. The molecule has 0 radical (unpaired) electrons. The lowest BCUT2D eigenvalue weighted by molar-refractivity contribution is -0.0372. The van der Waals surface area contributed by atoms with Crippen LogP contribution in [0.4, 0.5) is 0 Å². The van der Waals surface area contributed by atoms with E-state index in [4.69, 9.17) is 0 Å². The second-order valence-electron chi connectivity index (χ2n) is 12.9. The summed E-state index contributed by atoms with van der Waals surface area (Å²) in [5, 5.41) is 24.3. The lowest BCUT2D eigenvalue weighted by Crippen LogP contribution is -2.54. The molecule has 216 valence electrons. The van der Waals surface area contributed by atoms with Gasteiger partial charge in [-0.15, -0.1) is 0 Å². The highest BCUT2D eigenvalue weighted by atomic mass is 16.3. The van der Waals surface area contributed by atoms with Gasteiger partial charge in [0.05, 0.1) is 11.2 Å². The van der Waals surface area contributed by atoms with Gasteiger partial charge in [0.25, 0.3) is 0 Å². The molecule has 0 aliphatic heterocycles. The van der Waals surface area contributed by atoms with Crippen LogP contribution in [0, 0.1) is 0 Å². The first-order chi connectivity index (χ1) is 20.2. The predicted octanol–water partition coefficient (Wildman–Crippen LogP) is 8.14. The lowest BCUT2D eigenvalue weighted by atomic mass is 9.55. The van der Waals surface area contributed by atoms with Gasteiger partial charge in [-0.2, -0.15) is 0 Å². The molecule has 4 aromatic carbocycles. The Hall–Kier alpha value is -3.53. The minimum absolute atomic E-state index is 0.0606. The Morgan fingerprint density at radius 2 is 0.833 bits per heavy atom. The summed E-state index contributed by atoms with van der Waals surface area (Å²) in [4.78, 5) is 15.0. The molecular weight excluding hydrogens is 516 g/mol. The van der Waals surface area contributed by atoms with Crippen LogP contribution < -0.4 is 0 Å². The van der Waals surface area contributed by atoms with E-state index in [0.29, 0.717) is 24.0 Å². The quantitative estimate of drug-likeness (QED) is 0.235. The highest BCUT2D eigenvalue weighted by Crippen LogP contribution is 2.54. The molecule has 2 fully saturated rings. The Bertz CT molecular complexity index is 1440. The first kappa shape index (κ1) is 28.6. The molecule has 0 aromatic heterocycles. The van der Waals surface area contributed by atoms with E-state index >= 15 is 0 Å². The minimum Gasteiger partial charge on any atom is -0.389 e. The standard InChI is InChI=1S/C39H42O3/c1-36(41)25-13-15-27-38(36,29-17-5-3-6-18-29)33-23-11-9-21-31(33)35(40)32-22-10-12-24-34(32)39(30-19-7-4-8-20-30)28-16-14-26-37(39,2)42/h3-12,17-24,41-42H,13-16,25-28H2,1-2H3. The third-order valence-electron chi connectivity index (χ3n) is 10.6. The van der Waals surface area contributed by atoms with E-state index in [1.165, 1.54) is 0 Å². The molecular formula is C39H42O3. The van der Waals surface area contributed by atoms with Crippen LogP contribution in [0.1, 0.15) is 103 Å². The molecule has 0 heterocycles. The first-order valence-corrected chi connectivity index (χ1v) is 15.5. The molecule has 0 amide bonds. The van der Waals surface area contributed by atoms with Crippen LogP contribution in [0.2, 0.25) is 0 Å². The lowest BCUT2D eigenvalue weighted by Gasteiger charge is -2.51. The summed E-state index contributed by atoms with van der Waals surface area (Å²) >= 11 is 0. The average molecular weight is 559 g/mol. The summed E-state index contributed by atoms with van der Waals surface area (Å²) in [6.07, 6.45) is 6.72. The molecule has 6 rings (SSSR count). The van der Waals surface area contributed by atoms with Crippen LogP contribution in [-0.4, -0.2) is 27.2 Å². The number of carbonyl (C=O) groups is 1. The Morgan fingerprint density at radius 3 is 1.21 bits per heavy atom. The van der Waals surface area contributed by atoms with Crippen LogP contribution in [0.5, 0.6) is 0 Å². The molecule has 2 aliphatic carbocycles. The highest BCUT2D eigenvalue weighted by Gasteiger charge is 2.54. The molecule has 2 aliphatic rings. The van der Waals surface area contributed by atoms with E-state index in [-0.39, 0.29) is 5.78 Å². The van der Waals surface area contributed by atoms with Gasteiger partial charge >= 0.3 is 0 Å². The molecule has 42 heavy (non-hydrogen) atoms. The Kier molecular flexibility index (Phi) is 7.45. The van der Waals surface area contributed by atoms with Crippen LogP contribution >= 0.6 is 0 Å². The topological polar surface area (TPSA) is 57.5 Å². The summed E-state index contributed by atoms with van der Waals surface area (Å²) in [6, 6.07) is 36.3. The molecule has 4 aromatic rings. The molecule has 4 atom stereocenters. The van der Waals surface area contributed by atoms with Gasteiger partial charge in [-0.05, 0) is 61.8 Å². The SMILES string of the molecule is CC1(O)CCCCC1(c1ccccc1)c1ccccc1C(=O)c1ccccc1C1(c2ccccc2)CCCCC1(C)O. The van der Waals surface area contributed by atoms with Crippen LogP contribution in [-0.2, 0) is 10.8 Å². The fourth-order valence-corrected chi connectivity index (χ4v) is 8.45. The maximum atomic E-state index is 15.0. The van der Waals surface area contributed by atoms with Crippen molar-refractivity contribution >= 4 is 5.78 Å². The average Bonchev–Trinajstić information content (AvgIpc) is 3.01. The number of hydrogen-bond donors (Lipinski definition) is 2. The molecule has 3 heteroatoms. The molecule has 2 N–H and O–H groups in total. The zero-order valence-corrected chi connectivity index (χ0v) is 24.9. The summed E-state index contributed by atoms with van der Waals surface area (Å²) in [7, 11) is 0. The molecule has 0 bridgehead atoms.